The molecule has 1 amide bonds. The zero-order valence-electron chi connectivity index (χ0n) is 6.82. The van der Waals surface area contributed by atoms with E-state index in [4.69, 9.17) is 11.6 Å². The van der Waals surface area contributed by atoms with Gasteiger partial charge in [0.15, 0.2) is 0 Å². The van der Waals surface area contributed by atoms with Gasteiger partial charge in [0.25, 0.3) is 5.91 Å². The minimum absolute atomic E-state index is 0.284. The van der Waals surface area contributed by atoms with Crippen molar-refractivity contribution in [2.75, 3.05) is 12.8 Å². The average molecular weight is 165 g/mol. The number of para-hydroxylation sites is 1. The minimum atomic E-state index is -0.284. The molecule has 0 bridgehead atoms. The van der Waals surface area contributed by atoms with Gasteiger partial charge >= 0.3 is 0 Å². The molecule has 0 unspecified atom stereocenters. The number of hydrazine groups is 1. The van der Waals surface area contributed by atoms with Gasteiger partial charge < -0.3 is 5.73 Å². The van der Waals surface area contributed by atoms with Crippen molar-refractivity contribution in [2.24, 2.45) is 5.84 Å². The van der Waals surface area contributed by atoms with Gasteiger partial charge in [0, 0.05) is 12.7 Å². The molecule has 0 aromatic heterocycles. The molecule has 0 radical (unpaired) electrons. The first-order valence-corrected chi connectivity index (χ1v) is 3.50. The second-order valence-corrected chi connectivity index (χ2v) is 2.50. The topological polar surface area (TPSA) is 72.3 Å². The van der Waals surface area contributed by atoms with Crippen LogP contribution in [0, 0.1) is 0 Å². The Morgan fingerprint density at radius 2 is 2.00 bits per heavy atom. The van der Waals surface area contributed by atoms with Crippen molar-refractivity contribution < 1.29 is 4.79 Å². The molecule has 0 aliphatic heterocycles. The van der Waals surface area contributed by atoms with E-state index in [1.54, 1.807) is 24.3 Å². The van der Waals surface area contributed by atoms with Crippen molar-refractivity contribution in [1.82, 2.24) is 5.01 Å². The summed E-state index contributed by atoms with van der Waals surface area (Å²) in [5, 5.41) is 1.01. The molecule has 0 saturated carbocycles. The molecule has 4 nitrogen and oxygen atoms in total. The molecule has 1 rings (SSSR count). The van der Waals surface area contributed by atoms with Crippen LogP contribution in [-0.2, 0) is 0 Å². The maximum Gasteiger partial charge on any atom is 0.269 e. The van der Waals surface area contributed by atoms with Crippen LogP contribution in [0.2, 0.25) is 0 Å². The molecule has 4 N–H and O–H groups in total. The summed E-state index contributed by atoms with van der Waals surface area (Å²) in [4.78, 5) is 11.3. The lowest BCUT2D eigenvalue weighted by Gasteiger charge is -2.10. The number of anilines is 1. The number of nitrogen functional groups attached to an aromatic ring is 1. The smallest absolute Gasteiger partial charge is 0.269 e. The van der Waals surface area contributed by atoms with Crippen LogP contribution >= 0.6 is 0 Å². The summed E-state index contributed by atoms with van der Waals surface area (Å²) in [5.41, 5.74) is 6.43. The number of carbonyl (C=O) groups excluding carboxylic acids is 1. The quantitative estimate of drug-likeness (QED) is 0.270. The largest absolute Gasteiger partial charge is 0.398 e. The molecule has 0 aliphatic carbocycles. The van der Waals surface area contributed by atoms with Crippen molar-refractivity contribution in [3.63, 3.8) is 0 Å². The first kappa shape index (κ1) is 8.55. The van der Waals surface area contributed by atoms with E-state index in [0.717, 1.165) is 5.01 Å². The van der Waals surface area contributed by atoms with Crippen molar-refractivity contribution in [2.45, 2.75) is 0 Å². The lowest BCUT2D eigenvalue weighted by molar-refractivity contribution is 0.0796. The summed E-state index contributed by atoms with van der Waals surface area (Å²) >= 11 is 0. The molecule has 0 fully saturated rings. The van der Waals surface area contributed by atoms with E-state index in [1.165, 1.54) is 7.05 Å². The lowest BCUT2D eigenvalue weighted by Crippen LogP contribution is -2.33. The molecule has 0 atom stereocenters. The van der Waals surface area contributed by atoms with Crippen LogP contribution in [0.15, 0.2) is 24.3 Å². The van der Waals surface area contributed by atoms with Gasteiger partial charge in [0.2, 0.25) is 0 Å². The Morgan fingerprint density at radius 3 is 2.50 bits per heavy atom. The second kappa shape index (κ2) is 3.23. The summed E-state index contributed by atoms with van der Waals surface area (Å²) in [6.07, 6.45) is 0. The molecule has 4 heteroatoms. The molecule has 1 aromatic carbocycles. The standard InChI is InChI=1S/C8H11N3O/c1-11(10)8(12)6-4-2-3-5-7(6)9/h2-5H,9-10H2,1H3. The Morgan fingerprint density at radius 1 is 1.42 bits per heavy atom. The van der Waals surface area contributed by atoms with Crippen molar-refractivity contribution in [3.8, 4) is 0 Å². The summed E-state index contributed by atoms with van der Waals surface area (Å²) in [5.74, 6) is 4.98. The van der Waals surface area contributed by atoms with Gasteiger partial charge in [-0.1, -0.05) is 12.1 Å². The zero-order valence-corrected chi connectivity index (χ0v) is 6.82. The van der Waals surface area contributed by atoms with E-state index in [9.17, 15) is 4.79 Å². The van der Waals surface area contributed by atoms with E-state index in [2.05, 4.69) is 0 Å². The molecule has 0 aliphatic rings. The number of amides is 1. The third-order valence-corrected chi connectivity index (χ3v) is 1.51. The minimum Gasteiger partial charge on any atom is -0.398 e. The van der Waals surface area contributed by atoms with Gasteiger partial charge in [-0.05, 0) is 12.1 Å². The first-order valence-electron chi connectivity index (χ1n) is 3.50. The Bertz CT molecular complexity index is 296. The first-order chi connectivity index (χ1) is 5.63. The van der Waals surface area contributed by atoms with E-state index < -0.39 is 0 Å². The summed E-state index contributed by atoms with van der Waals surface area (Å²) in [6, 6.07) is 6.81. The molecule has 1 aromatic rings. The third kappa shape index (κ3) is 1.54. The maximum atomic E-state index is 11.3. The number of hydrogen-bond acceptors (Lipinski definition) is 3. The molecule has 12 heavy (non-hydrogen) atoms. The second-order valence-electron chi connectivity index (χ2n) is 2.50. The van der Waals surface area contributed by atoms with E-state index in [0.29, 0.717) is 11.3 Å². The van der Waals surface area contributed by atoms with Gasteiger partial charge in [-0.3, -0.25) is 9.80 Å². The fourth-order valence-electron chi connectivity index (χ4n) is 0.882. The molecule has 64 valence electrons. The predicted octanol–water partition coefficient (Wildman–Crippen LogP) is 0.215. The van der Waals surface area contributed by atoms with Crippen LogP contribution in [-0.4, -0.2) is 18.0 Å². The number of rotatable bonds is 1. The third-order valence-electron chi connectivity index (χ3n) is 1.51. The Hall–Kier alpha value is -1.55. The summed E-state index contributed by atoms with van der Waals surface area (Å²) < 4.78 is 0. The van der Waals surface area contributed by atoms with Gasteiger partial charge in [-0.2, -0.15) is 0 Å². The van der Waals surface area contributed by atoms with Crippen molar-refractivity contribution in [3.05, 3.63) is 29.8 Å². The van der Waals surface area contributed by atoms with Crippen LogP contribution in [0.1, 0.15) is 10.4 Å². The van der Waals surface area contributed by atoms with E-state index >= 15 is 0 Å². The SMILES string of the molecule is CN(N)C(=O)c1ccccc1N. The van der Waals surface area contributed by atoms with Crippen LogP contribution in [0.25, 0.3) is 0 Å². The number of carbonyl (C=O) groups is 1. The zero-order chi connectivity index (χ0) is 9.14. The van der Waals surface area contributed by atoms with E-state index in [1.807, 2.05) is 0 Å². The number of nitrogens with two attached hydrogens (primary N) is 2. The number of benzene rings is 1. The highest BCUT2D eigenvalue weighted by Crippen LogP contribution is 2.10. The number of nitrogens with zero attached hydrogens (tertiary/aromatic N) is 1. The Kier molecular flexibility index (Phi) is 2.30. The number of hydrogen-bond donors (Lipinski definition) is 2. The molecular weight excluding hydrogens is 154 g/mol. The van der Waals surface area contributed by atoms with Crippen LogP contribution in [0.4, 0.5) is 5.69 Å². The lowest BCUT2D eigenvalue weighted by atomic mass is 10.2. The van der Waals surface area contributed by atoms with Crippen LogP contribution < -0.4 is 11.6 Å². The van der Waals surface area contributed by atoms with Crippen LogP contribution in [0.5, 0.6) is 0 Å². The molecule has 0 saturated heterocycles. The fourth-order valence-corrected chi connectivity index (χ4v) is 0.882. The Balaban J connectivity index is 3.03. The van der Waals surface area contributed by atoms with Crippen molar-refractivity contribution in [1.29, 1.82) is 0 Å². The van der Waals surface area contributed by atoms with Gasteiger partial charge in [-0.25, -0.2) is 5.84 Å². The van der Waals surface area contributed by atoms with Gasteiger partial charge in [-0.15, -0.1) is 0 Å². The highest BCUT2D eigenvalue weighted by molar-refractivity contribution is 5.98. The summed E-state index contributed by atoms with van der Waals surface area (Å²) in [6.45, 7) is 0. The maximum absolute atomic E-state index is 11.3. The molecule has 0 spiro atoms. The molecular formula is C8H11N3O. The molecule has 0 heterocycles. The summed E-state index contributed by atoms with van der Waals surface area (Å²) in [7, 11) is 1.48. The highest BCUT2D eigenvalue weighted by atomic mass is 16.2. The average Bonchev–Trinajstić information content (AvgIpc) is 2.04. The van der Waals surface area contributed by atoms with E-state index in [-0.39, 0.29) is 5.91 Å². The Labute approximate surface area is 70.7 Å². The normalized spacial score (nSPS) is 9.50. The van der Waals surface area contributed by atoms with Crippen LogP contribution in [0.3, 0.4) is 0 Å². The van der Waals surface area contributed by atoms with Crippen molar-refractivity contribution >= 4 is 11.6 Å². The predicted molar refractivity (Wildman–Crippen MR) is 47.1 cm³/mol. The highest BCUT2D eigenvalue weighted by Gasteiger charge is 2.10. The monoisotopic (exact) mass is 165 g/mol. The van der Waals surface area contributed by atoms with Gasteiger partial charge in [0.05, 0.1) is 5.56 Å². The van der Waals surface area contributed by atoms with Gasteiger partial charge in [0.1, 0.15) is 0 Å². The fraction of sp³-hybridized carbons (Fsp3) is 0.125.